The molecule has 0 heterocycles. The minimum Gasteiger partial charge on any atom is -0.465 e. The standard InChI is InChI=1S/C14H19NO2/c1-4-12-8-6-7-9-13(12)10-15-11(3)14(16)17-5-2/h4,6-9,11,15H,1,5,10H2,2-3H3. The van der Waals surface area contributed by atoms with E-state index in [4.69, 9.17) is 4.74 Å². The molecule has 1 atom stereocenters. The Labute approximate surface area is 102 Å². The minimum atomic E-state index is -0.298. The molecule has 3 heteroatoms. The fourth-order valence-electron chi connectivity index (χ4n) is 1.51. The highest BCUT2D eigenvalue weighted by atomic mass is 16.5. The van der Waals surface area contributed by atoms with E-state index in [2.05, 4.69) is 11.9 Å². The lowest BCUT2D eigenvalue weighted by atomic mass is 10.1. The molecule has 0 aromatic heterocycles. The number of hydrogen-bond donors (Lipinski definition) is 1. The van der Waals surface area contributed by atoms with Gasteiger partial charge in [-0.05, 0) is 25.0 Å². The summed E-state index contributed by atoms with van der Waals surface area (Å²) in [6.07, 6.45) is 1.81. The summed E-state index contributed by atoms with van der Waals surface area (Å²) in [5.41, 5.74) is 2.20. The fraction of sp³-hybridized carbons (Fsp3) is 0.357. The molecule has 0 bridgehead atoms. The zero-order chi connectivity index (χ0) is 12.7. The van der Waals surface area contributed by atoms with Crippen molar-refractivity contribution >= 4 is 12.0 Å². The normalized spacial score (nSPS) is 11.9. The Hall–Kier alpha value is -1.61. The van der Waals surface area contributed by atoms with Crippen LogP contribution in [0.2, 0.25) is 0 Å². The Morgan fingerprint density at radius 2 is 2.24 bits per heavy atom. The van der Waals surface area contributed by atoms with Crippen LogP contribution in [0.15, 0.2) is 30.8 Å². The summed E-state index contributed by atoms with van der Waals surface area (Å²) >= 11 is 0. The Morgan fingerprint density at radius 3 is 2.88 bits per heavy atom. The summed E-state index contributed by atoms with van der Waals surface area (Å²) in [6.45, 7) is 8.41. The molecule has 0 aliphatic heterocycles. The average molecular weight is 233 g/mol. The van der Waals surface area contributed by atoms with Gasteiger partial charge in [-0.2, -0.15) is 0 Å². The van der Waals surface area contributed by atoms with Gasteiger partial charge >= 0.3 is 5.97 Å². The first-order valence-electron chi connectivity index (χ1n) is 5.79. The quantitative estimate of drug-likeness (QED) is 0.767. The molecule has 17 heavy (non-hydrogen) atoms. The molecule has 0 radical (unpaired) electrons. The van der Waals surface area contributed by atoms with E-state index in [9.17, 15) is 4.79 Å². The van der Waals surface area contributed by atoms with Gasteiger partial charge in [-0.1, -0.05) is 36.9 Å². The van der Waals surface area contributed by atoms with Gasteiger partial charge < -0.3 is 10.1 Å². The highest BCUT2D eigenvalue weighted by molar-refractivity contribution is 5.75. The van der Waals surface area contributed by atoms with Crippen LogP contribution in [0.1, 0.15) is 25.0 Å². The van der Waals surface area contributed by atoms with Crippen molar-refractivity contribution in [1.29, 1.82) is 0 Å². The summed E-state index contributed by atoms with van der Waals surface area (Å²) in [6, 6.07) is 7.66. The molecule has 3 nitrogen and oxygen atoms in total. The molecule has 0 spiro atoms. The molecule has 1 unspecified atom stereocenters. The highest BCUT2D eigenvalue weighted by Crippen LogP contribution is 2.09. The highest BCUT2D eigenvalue weighted by Gasteiger charge is 2.12. The van der Waals surface area contributed by atoms with Gasteiger partial charge in [0, 0.05) is 6.54 Å². The number of esters is 1. The SMILES string of the molecule is C=Cc1ccccc1CNC(C)C(=O)OCC. The van der Waals surface area contributed by atoms with E-state index in [1.165, 1.54) is 0 Å². The van der Waals surface area contributed by atoms with Crippen molar-refractivity contribution in [3.63, 3.8) is 0 Å². The van der Waals surface area contributed by atoms with E-state index in [1.54, 1.807) is 13.8 Å². The van der Waals surface area contributed by atoms with Gasteiger partial charge in [0.15, 0.2) is 0 Å². The summed E-state index contributed by atoms with van der Waals surface area (Å²) in [7, 11) is 0. The third-order valence-corrected chi connectivity index (χ3v) is 2.51. The first-order chi connectivity index (χ1) is 8.19. The second kappa shape index (κ2) is 6.86. The zero-order valence-corrected chi connectivity index (χ0v) is 10.4. The first-order valence-corrected chi connectivity index (χ1v) is 5.79. The number of benzene rings is 1. The molecule has 0 fully saturated rings. The van der Waals surface area contributed by atoms with E-state index >= 15 is 0 Å². The van der Waals surface area contributed by atoms with Gasteiger partial charge in [0.2, 0.25) is 0 Å². The largest absolute Gasteiger partial charge is 0.465 e. The summed E-state index contributed by atoms with van der Waals surface area (Å²) in [5.74, 6) is -0.219. The summed E-state index contributed by atoms with van der Waals surface area (Å²) in [5, 5.41) is 3.14. The van der Waals surface area contributed by atoms with Gasteiger partial charge in [-0.15, -0.1) is 0 Å². The predicted octanol–water partition coefficient (Wildman–Crippen LogP) is 2.37. The minimum absolute atomic E-state index is 0.219. The number of ether oxygens (including phenoxy) is 1. The van der Waals surface area contributed by atoms with E-state index < -0.39 is 0 Å². The lowest BCUT2D eigenvalue weighted by Crippen LogP contribution is -2.35. The Kier molecular flexibility index (Phi) is 5.43. The van der Waals surface area contributed by atoms with Gasteiger partial charge in [0.1, 0.15) is 6.04 Å². The number of carbonyl (C=O) groups excluding carboxylic acids is 1. The number of nitrogens with one attached hydrogen (secondary N) is 1. The number of rotatable bonds is 6. The van der Waals surface area contributed by atoms with Crippen molar-refractivity contribution in [2.24, 2.45) is 0 Å². The topological polar surface area (TPSA) is 38.3 Å². The molecule has 1 rings (SSSR count). The molecule has 92 valence electrons. The van der Waals surface area contributed by atoms with Gasteiger partial charge in [-0.25, -0.2) is 0 Å². The lowest BCUT2D eigenvalue weighted by Gasteiger charge is -2.13. The zero-order valence-electron chi connectivity index (χ0n) is 10.4. The Balaban J connectivity index is 2.55. The monoisotopic (exact) mass is 233 g/mol. The van der Waals surface area contributed by atoms with Crippen LogP contribution < -0.4 is 5.32 Å². The van der Waals surface area contributed by atoms with E-state index in [0.717, 1.165) is 11.1 Å². The maximum absolute atomic E-state index is 11.4. The molecule has 1 N–H and O–H groups in total. The van der Waals surface area contributed by atoms with Gasteiger partial charge in [-0.3, -0.25) is 4.79 Å². The van der Waals surface area contributed by atoms with Crippen molar-refractivity contribution in [2.45, 2.75) is 26.4 Å². The lowest BCUT2D eigenvalue weighted by molar-refractivity contribution is -0.145. The van der Waals surface area contributed by atoms with Crippen LogP contribution in [0.3, 0.4) is 0 Å². The number of carbonyl (C=O) groups is 1. The van der Waals surface area contributed by atoms with Crippen LogP contribution in [-0.2, 0) is 16.1 Å². The summed E-state index contributed by atoms with van der Waals surface area (Å²) in [4.78, 5) is 11.4. The van der Waals surface area contributed by atoms with Gasteiger partial charge in [0.25, 0.3) is 0 Å². The van der Waals surface area contributed by atoms with Gasteiger partial charge in [0.05, 0.1) is 6.61 Å². The second-order valence-electron chi connectivity index (χ2n) is 3.76. The third kappa shape index (κ3) is 4.04. The van der Waals surface area contributed by atoms with E-state index in [1.807, 2.05) is 30.3 Å². The maximum Gasteiger partial charge on any atom is 0.322 e. The van der Waals surface area contributed by atoms with Crippen LogP contribution in [0, 0.1) is 0 Å². The van der Waals surface area contributed by atoms with Crippen LogP contribution in [-0.4, -0.2) is 18.6 Å². The molecular weight excluding hydrogens is 214 g/mol. The molecule has 1 aromatic rings. The molecule has 0 saturated carbocycles. The smallest absolute Gasteiger partial charge is 0.322 e. The summed E-state index contributed by atoms with van der Waals surface area (Å²) < 4.78 is 4.93. The second-order valence-corrected chi connectivity index (χ2v) is 3.76. The molecule has 0 aliphatic rings. The molecule has 1 aromatic carbocycles. The third-order valence-electron chi connectivity index (χ3n) is 2.51. The Bertz CT molecular complexity index is 388. The fourth-order valence-corrected chi connectivity index (χ4v) is 1.51. The van der Waals surface area contributed by atoms with Crippen LogP contribution in [0.4, 0.5) is 0 Å². The first kappa shape index (κ1) is 13.5. The van der Waals surface area contributed by atoms with Crippen molar-refractivity contribution in [3.8, 4) is 0 Å². The Morgan fingerprint density at radius 1 is 1.53 bits per heavy atom. The molecule has 0 aliphatic carbocycles. The molecule has 0 amide bonds. The van der Waals surface area contributed by atoms with Crippen molar-refractivity contribution in [3.05, 3.63) is 42.0 Å². The van der Waals surface area contributed by atoms with E-state index in [-0.39, 0.29) is 12.0 Å². The van der Waals surface area contributed by atoms with Crippen LogP contribution in [0.5, 0.6) is 0 Å². The predicted molar refractivity (Wildman–Crippen MR) is 69.5 cm³/mol. The van der Waals surface area contributed by atoms with E-state index in [0.29, 0.717) is 13.2 Å². The average Bonchev–Trinajstić information content (AvgIpc) is 2.36. The molecule has 0 saturated heterocycles. The maximum atomic E-state index is 11.4. The van der Waals surface area contributed by atoms with Crippen LogP contribution >= 0.6 is 0 Å². The van der Waals surface area contributed by atoms with Crippen molar-refractivity contribution in [2.75, 3.05) is 6.61 Å². The molecular formula is C14H19NO2. The number of hydrogen-bond acceptors (Lipinski definition) is 3. The van der Waals surface area contributed by atoms with Crippen molar-refractivity contribution < 1.29 is 9.53 Å². The van der Waals surface area contributed by atoms with Crippen molar-refractivity contribution in [1.82, 2.24) is 5.32 Å². The van der Waals surface area contributed by atoms with Crippen LogP contribution in [0.25, 0.3) is 6.08 Å².